The van der Waals surface area contributed by atoms with Crippen molar-refractivity contribution in [1.29, 1.82) is 0 Å². The van der Waals surface area contributed by atoms with Gasteiger partial charge in [0.05, 0.1) is 12.1 Å². The molecule has 0 saturated carbocycles. The summed E-state index contributed by atoms with van der Waals surface area (Å²) in [5, 5.41) is 3.47. The number of urea groups is 1. The van der Waals surface area contributed by atoms with Crippen LogP contribution in [0.2, 0.25) is 0 Å². The van der Waals surface area contributed by atoms with Crippen molar-refractivity contribution in [2.24, 2.45) is 4.99 Å². The van der Waals surface area contributed by atoms with Gasteiger partial charge >= 0.3 is 6.03 Å². The van der Waals surface area contributed by atoms with Gasteiger partial charge in [0, 0.05) is 44.6 Å². The molecule has 1 aromatic carbocycles. The number of benzene rings is 1. The van der Waals surface area contributed by atoms with Crippen molar-refractivity contribution in [2.75, 3.05) is 32.8 Å². The van der Waals surface area contributed by atoms with Crippen LogP contribution in [0.5, 0.6) is 5.75 Å². The summed E-state index contributed by atoms with van der Waals surface area (Å²) in [6.45, 7) is 4.73. The third kappa shape index (κ3) is 4.98. The van der Waals surface area contributed by atoms with Crippen LogP contribution in [0.15, 0.2) is 52.9 Å². The second kappa shape index (κ2) is 9.80. The van der Waals surface area contributed by atoms with Crippen LogP contribution >= 0.6 is 11.6 Å². The van der Waals surface area contributed by atoms with Crippen LogP contribution in [0.3, 0.4) is 0 Å². The first kappa shape index (κ1) is 22.9. The molecule has 0 aromatic heterocycles. The van der Waals surface area contributed by atoms with Crippen LogP contribution in [0.1, 0.15) is 37.7 Å². The number of rotatable bonds is 4. The Morgan fingerprint density at radius 2 is 2.00 bits per heavy atom. The highest BCUT2D eigenvalue weighted by molar-refractivity contribution is 6.65. The second-order valence-corrected chi connectivity index (χ2v) is 9.60. The summed E-state index contributed by atoms with van der Waals surface area (Å²) in [6, 6.07) is 7.85. The van der Waals surface area contributed by atoms with Crippen LogP contribution in [0.25, 0.3) is 0 Å². The third-order valence-corrected chi connectivity index (χ3v) is 7.06. The third-order valence-electron chi connectivity index (χ3n) is 6.84. The van der Waals surface area contributed by atoms with Gasteiger partial charge in [-0.15, -0.1) is 0 Å². The molecule has 3 fully saturated rings. The van der Waals surface area contributed by atoms with Gasteiger partial charge < -0.3 is 24.6 Å². The second-order valence-electron chi connectivity index (χ2n) is 9.16. The van der Waals surface area contributed by atoms with E-state index in [1.165, 1.54) is 11.1 Å². The number of carbonyl (C=O) groups is 2. The lowest BCUT2D eigenvalue weighted by atomic mass is 9.91. The zero-order chi connectivity index (χ0) is 23.7. The van der Waals surface area contributed by atoms with Crippen molar-refractivity contribution < 1.29 is 19.1 Å². The number of hydrogen-bond donors (Lipinski definition) is 1. The number of nitrogens with zero attached hydrogens (tertiary/aromatic N) is 3. The number of ether oxygens (including phenoxy) is 2. The van der Waals surface area contributed by atoms with Gasteiger partial charge in [0.25, 0.3) is 0 Å². The number of fused-ring (bicyclic) bond motifs is 1. The Balaban J connectivity index is 1.13. The predicted molar refractivity (Wildman–Crippen MR) is 129 cm³/mol. The molecular formula is C25H29ClN4O4. The number of allylic oxidation sites excluding steroid dienone is 3. The molecule has 4 heterocycles. The van der Waals surface area contributed by atoms with E-state index in [1.54, 1.807) is 0 Å². The summed E-state index contributed by atoms with van der Waals surface area (Å²) in [5.74, 6) is 1.36. The molecular weight excluding hydrogens is 456 g/mol. The number of nitrogens with one attached hydrogen (secondary N) is 1. The zero-order valence-corrected chi connectivity index (χ0v) is 20.0. The van der Waals surface area contributed by atoms with Crippen LogP contribution in [-0.4, -0.2) is 71.8 Å². The standard InChI is InChI=1S/C25H29ClN4O4/c1-2-16-3-8-24(28-22(26)11-16)34-19-6-4-17(5-7-19)18-12-30(13-18)25(32)29-10-9-21-20(14-29)27-23(31)15-33-21/h3-8,18,20-21H,2,9-15H2,1H3,(H,27,31)/t20-,21?/m1/s1. The highest BCUT2D eigenvalue weighted by Gasteiger charge is 2.40. The molecule has 180 valence electrons. The molecule has 0 spiro atoms. The normalized spacial score (nSPS) is 25.2. The number of aliphatic imine (C=N–C) groups is 1. The maximum absolute atomic E-state index is 12.9. The van der Waals surface area contributed by atoms with Crippen molar-refractivity contribution in [3.05, 3.63) is 53.4 Å². The fraction of sp³-hybridized carbons (Fsp3) is 0.480. The highest BCUT2D eigenvalue weighted by atomic mass is 35.5. The van der Waals surface area contributed by atoms with Gasteiger partial charge in [-0.1, -0.05) is 42.3 Å². The first-order valence-electron chi connectivity index (χ1n) is 11.8. The Kier molecular flexibility index (Phi) is 6.61. The lowest BCUT2D eigenvalue weighted by Gasteiger charge is -2.46. The average Bonchev–Trinajstić information content (AvgIpc) is 2.99. The Morgan fingerprint density at radius 3 is 2.76 bits per heavy atom. The van der Waals surface area contributed by atoms with E-state index in [0.29, 0.717) is 55.3 Å². The lowest BCUT2D eigenvalue weighted by Crippen LogP contribution is -2.63. The van der Waals surface area contributed by atoms with Gasteiger partial charge in [-0.3, -0.25) is 4.79 Å². The van der Waals surface area contributed by atoms with Gasteiger partial charge in [-0.2, -0.15) is 0 Å². The van der Waals surface area contributed by atoms with E-state index in [9.17, 15) is 9.59 Å². The van der Waals surface area contributed by atoms with E-state index in [4.69, 9.17) is 21.1 Å². The largest absolute Gasteiger partial charge is 0.439 e. The monoisotopic (exact) mass is 484 g/mol. The maximum atomic E-state index is 12.9. The minimum absolute atomic E-state index is 0.00630. The summed E-state index contributed by atoms with van der Waals surface area (Å²) < 4.78 is 11.5. The summed E-state index contributed by atoms with van der Waals surface area (Å²) in [6.07, 6.45) is 6.20. The van der Waals surface area contributed by atoms with Gasteiger partial charge in [0.2, 0.25) is 11.8 Å². The fourth-order valence-electron chi connectivity index (χ4n) is 4.78. The van der Waals surface area contributed by atoms with E-state index in [2.05, 4.69) is 17.2 Å². The van der Waals surface area contributed by atoms with E-state index in [0.717, 1.165) is 12.8 Å². The fourth-order valence-corrected chi connectivity index (χ4v) is 5.03. The maximum Gasteiger partial charge on any atom is 0.320 e. The molecule has 5 rings (SSSR count). The van der Waals surface area contributed by atoms with Crippen molar-refractivity contribution in [3.63, 3.8) is 0 Å². The first-order valence-corrected chi connectivity index (χ1v) is 12.2. The molecule has 3 amide bonds. The number of amides is 3. The molecule has 1 unspecified atom stereocenters. The molecule has 2 atom stereocenters. The van der Waals surface area contributed by atoms with Crippen LogP contribution in [0, 0.1) is 0 Å². The van der Waals surface area contributed by atoms with Crippen molar-refractivity contribution in [3.8, 4) is 5.75 Å². The summed E-state index contributed by atoms with van der Waals surface area (Å²) in [7, 11) is 0. The van der Waals surface area contributed by atoms with Gasteiger partial charge in [0.1, 0.15) is 17.5 Å². The number of halogens is 1. The Labute approximate surface area is 204 Å². The van der Waals surface area contributed by atoms with E-state index < -0.39 is 0 Å². The van der Waals surface area contributed by atoms with Crippen molar-refractivity contribution in [2.45, 2.75) is 44.2 Å². The van der Waals surface area contributed by atoms with E-state index in [-0.39, 0.29) is 30.7 Å². The molecule has 4 aliphatic heterocycles. The molecule has 1 aromatic rings. The molecule has 34 heavy (non-hydrogen) atoms. The van der Waals surface area contributed by atoms with Gasteiger partial charge in [0.15, 0.2) is 0 Å². The molecule has 0 radical (unpaired) electrons. The van der Waals surface area contributed by atoms with Gasteiger partial charge in [-0.25, -0.2) is 9.79 Å². The zero-order valence-electron chi connectivity index (χ0n) is 19.2. The minimum Gasteiger partial charge on any atom is -0.439 e. The molecule has 9 heteroatoms. The van der Waals surface area contributed by atoms with Crippen LogP contribution in [-0.2, 0) is 9.53 Å². The Hall–Kier alpha value is -2.84. The van der Waals surface area contributed by atoms with Crippen LogP contribution < -0.4 is 10.1 Å². The van der Waals surface area contributed by atoms with Gasteiger partial charge in [-0.05, 0) is 30.5 Å². The SMILES string of the molecule is CCC1=CC=C(Oc2ccc(C3CN(C(=O)N4CCC5OCC(=O)N[C@@H]5C4)C3)cc2)N=C(Cl)C1. The summed E-state index contributed by atoms with van der Waals surface area (Å²) in [5.41, 5.74) is 2.39. The number of morpholine rings is 1. The van der Waals surface area contributed by atoms with Crippen molar-refractivity contribution in [1.82, 2.24) is 15.1 Å². The molecule has 0 aliphatic carbocycles. The van der Waals surface area contributed by atoms with Crippen LogP contribution in [0.4, 0.5) is 4.79 Å². The molecule has 1 N–H and O–H groups in total. The molecule has 8 nitrogen and oxygen atoms in total. The molecule has 0 bridgehead atoms. The summed E-state index contributed by atoms with van der Waals surface area (Å²) in [4.78, 5) is 32.6. The number of carbonyl (C=O) groups excluding carboxylic acids is 2. The predicted octanol–water partition coefficient (Wildman–Crippen LogP) is 3.39. The number of hydrogen-bond acceptors (Lipinski definition) is 5. The summed E-state index contributed by atoms with van der Waals surface area (Å²) >= 11 is 6.21. The smallest absolute Gasteiger partial charge is 0.320 e. The molecule has 3 saturated heterocycles. The average molecular weight is 485 g/mol. The highest BCUT2D eigenvalue weighted by Crippen LogP contribution is 2.31. The first-order chi connectivity index (χ1) is 16.5. The van der Waals surface area contributed by atoms with E-state index >= 15 is 0 Å². The van der Waals surface area contributed by atoms with Crippen molar-refractivity contribution >= 4 is 28.7 Å². The van der Waals surface area contributed by atoms with E-state index in [1.807, 2.05) is 46.2 Å². The minimum atomic E-state index is -0.115. The topological polar surface area (TPSA) is 83.5 Å². The lowest BCUT2D eigenvalue weighted by molar-refractivity contribution is -0.139. The Morgan fingerprint density at radius 1 is 1.21 bits per heavy atom. The number of likely N-dealkylation sites (tertiary alicyclic amines) is 2. The molecule has 4 aliphatic rings. The number of piperidine rings is 1. The Bertz CT molecular complexity index is 1050. The quantitative estimate of drug-likeness (QED) is 0.710.